The van der Waals surface area contributed by atoms with E-state index in [4.69, 9.17) is 5.11 Å². The maximum absolute atomic E-state index is 12.5. The number of benzene rings is 1. The lowest BCUT2D eigenvalue weighted by Crippen LogP contribution is -2.29. The van der Waals surface area contributed by atoms with E-state index in [1.807, 2.05) is 19.1 Å². The highest BCUT2D eigenvalue weighted by atomic mass is 16.4. The molecule has 6 nitrogen and oxygen atoms in total. The van der Waals surface area contributed by atoms with Gasteiger partial charge in [-0.2, -0.15) is 5.10 Å². The van der Waals surface area contributed by atoms with Crippen LogP contribution in [0.4, 0.5) is 0 Å². The van der Waals surface area contributed by atoms with Crippen molar-refractivity contribution in [3.63, 3.8) is 0 Å². The second kappa shape index (κ2) is 8.46. The van der Waals surface area contributed by atoms with Crippen LogP contribution in [0.3, 0.4) is 0 Å². The molecule has 6 heteroatoms. The van der Waals surface area contributed by atoms with Gasteiger partial charge in [-0.3, -0.25) is 14.3 Å². The molecule has 2 aromatic rings. The van der Waals surface area contributed by atoms with E-state index in [-0.39, 0.29) is 24.9 Å². The fourth-order valence-electron chi connectivity index (χ4n) is 2.61. The Morgan fingerprint density at radius 2 is 1.80 bits per heavy atom. The molecule has 1 aromatic carbocycles. The summed E-state index contributed by atoms with van der Waals surface area (Å²) in [5, 5.41) is 15.7. The molecule has 1 heterocycles. The first-order chi connectivity index (χ1) is 11.9. The van der Waals surface area contributed by atoms with Crippen molar-refractivity contribution in [3.05, 3.63) is 53.3 Å². The quantitative estimate of drug-likeness (QED) is 0.770. The predicted octanol–water partition coefficient (Wildman–Crippen LogP) is 3.36. The van der Waals surface area contributed by atoms with Crippen molar-refractivity contribution in [1.29, 1.82) is 0 Å². The molecule has 0 spiro atoms. The molecule has 2 N–H and O–H groups in total. The van der Waals surface area contributed by atoms with E-state index in [2.05, 4.69) is 36.4 Å². The zero-order valence-electron chi connectivity index (χ0n) is 14.9. The molecule has 0 saturated carbocycles. The maximum atomic E-state index is 12.5. The van der Waals surface area contributed by atoms with Crippen LogP contribution in [0.25, 0.3) is 0 Å². The first-order valence-electron chi connectivity index (χ1n) is 8.56. The molecule has 1 aromatic heterocycles. The number of carboxylic acid groups (broad SMARTS) is 1. The summed E-state index contributed by atoms with van der Waals surface area (Å²) in [5.41, 5.74) is 2.68. The van der Waals surface area contributed by atoms with Crippen molar-refractivity contribution >= 4 is 11.9 Å². The Kier molecular flexibility index (Phi) is 6.33. The number of aryl methyl sites for hydroxylation is 1. The minimum Gasteiger partial charge on any atom is -0.481 e. The first-order valence-corrected chi connectivity index (χ1v) is 8.56. The maximum Gasteiger partial charge on any atom is 0.305 e. The number of nitrogens with one attached hydrogen (secondary N) is 1. The average Bonchev–Trinajstić information content (AvgIpc) is 3.08. The van der Waals surface area contributed by atoms with Gasteiger partial charge in [0.2, 0.25) is 0 Å². The van der Waals surface area contributed by atoms with Crippen LogP contribution < -0.4 is 5.32 Å². The number of carbonyl (C=O) groups excluding carboxylic acids is 1. The second-order valence-electron chi connectivity index (χ2n) is 6.25. The normalized spacial score (nSPS) is 13.2. The van der Waals surface area contributed by atoms with Gasteiger partial charge in [0.15, 0.2) is 0 Å². The monoisotopic (exact) mass is 343 g/mol. The highest BCUT2D eigenvalue weighted by molar-refractivity contribution is 5.92. The van der Waals surface area contributed by atoms with Crippen LogP contribution in [0, 0.1) is 0 Å². The first kappa shape index (κ1) is 18.7. The number of rotatable bonds is 8. The Labute approximate surface area is 147 Å². The third kappa shape index (κ3) is 4.92. The van der Waals surface area contributed by atoms with Gasteiger partial charge in [0.25, 0.3) is 5.91 Å². The highest BCUT2D eigenvalue weighted by Crippen LogP contribution is 2.21. The molecule has 0 saturated heterocycles. The summed E-state index contributed by atoms with van der Waals surface area (Å²) in [6.45, 7) is 6.45. The van der Waals surface area contributed by atoms with Crippen LogP contribution in [-0.4, -0.2) is 26.8 Å². The Morgan fingerprint density at radius 3 is 2.40 bits per heavy atom. The number of aromatic nitrogens is 2. The lowest BCUT2D eigenvalue weighted by atomic mass is 9.96. The smallest absolute Gasteiger partial charge is 0.305 e. The molecular weight excluding hydrogens is 318 g/mol. The lowest BCUT2D eigenvalue weighted by Gasteiger charge is -2.16. The number of amides is 1. The Morgan fingerprint density at radius 1 is 1.16 bits per heavy atom. The minimum absolute atomic E-state index is 0.0748. The minimum atomic E-state index is -0.920. The lowest BCUT2D eigenvalue weighted by molar-refractivity contribution is -0.137. The summed E-state index contributed by atoms with van der Waals surface area (Å²) in [5.74, 6) is -0.666. The van der Waals surface area contributed by atoms with Gasteiger partial charge in [0.1, 0.15) is 5.69 Å². The number of hydrogen-bond acceptors (Lipinski definition) is 3. The summed E-state index contributed by atoms with van der Waals surface area (Å²) in [6, 6.07) is 9.71. The number of hydrogen-bond donors (Lipinski definition) is 2. The van der Waals surface area contributed by atoms with Gasteiger partial charge in [0, 0.05) is 6.20 Å². The second-order valence-corrected chi connectivity index (χ2v) is 6.25. The van der Waals surface area contributed by atoms with Gasteiger partial charge < -0.3 is 10.4 Å². The summed E-state index contributed by atoms with van der Waals surface area (Å²) >= 11 is 0. The summed E-state index contributed by atoms with van der Waals surface area (Å²) in [6.07, 6.45) is 2.52. The summed E-state index contributed by atoms with van der Waals surface area (Å²) < 4.78 is 1.42. The van der Waals surface area contributed by atoms with Crippen LogP contribution in [0.5, 0.6) is 0 Å². The molecular formula is C19H25N3O3. The third-order valence-electron chi connectivity index (χ3n) is 4.45. The SMILES string of the molecule is CCC(C)c1ccc(C(C)NC(=O)c2ccnn2CCC(=O)O)cc1. The molecule has 0 aliphatic carbocycles. The van der Waals surface area contributed by atoms with E-state index in [1.165, 1.54) is 16.4 Å². The van der Waals surface area contributed by atoms with E-state index in [0.717, 1.165) is 12.0 Å². The number of nitrogens with zero attached hydrogens (tertiary/aromatic N) is 2. The van der Waals surface area contributed by atoms with E-state index < -0.39 is 5.97 Å². The molecule has 2 unspecified atom stereocenters. The molecule has 0 radical (unpaired) electrons. The van der Waals surface area contributed by atoms with Gasteiger partial charge in [-0.15, -0.1) is 0 Å². The van der Waals surface area contributed by atoms with Gasteiger partial charge in [-0.05, 0) is 36.5 Å². The molecule has 0 bridgehead atoms. The van der Waals surface area contributed by atoms with E-state index >= 15 is 0 Å². The van der Waals surface area contributed by atoms with E-state index in [0.29, 0.717) is 11.6 Å². The number of carboxylic acids is 1. The summed E-state index contributed by atoms with van der Waals surface area (Å²) in [7, 11) is 0. The largest absolute Gasteiger partial charge is 0.481 e. The van der Waals surface area contributed by atoms with Crippen molar-refractivity contribution in [2.24, 2.45) is 0 Å². The Bertz CT molecular complexity index is 722. The van der Waals surface area contributed by atoms with Crippen molar-refractivity contribution in [3.8, 4) is 0 Å². The van der Waals surface area contributed by atoms with Crippen molar-refractivity contribution in [1.82, 2.24) is 15.1 Å². The van der Waals surface area contributed by atoms with Gasteiger partial charge >= 0.3 is 5.97 Å². The Hall–Kier alpha value is -2.63. The molecule has 25 heavy (non-hydrogen) atoms. The molecule has 1 amide bonds. The zero-order chi connectivity index (χ0) is 18.4. The summed E-state index contributed by atoms with van der Waals surface area (Å²) in [4.78, 5) is 23.2. The average molecular weight is 343 g/mol. The van der Waals surface area contributed by atoms with Crippen LogP contribution in [-0.2, 0) is 11.3 Å². The van der Waals surface area contributed by atoms with Crippen LogP contribution >= 0.6 is 0 Å². The molecule has 0 aliphatic heterocycles. The van der Waals surface area contributed by atoms with Gasteiger partial charge in [-0.25, -0.2) is 0 Å². The topological polar surface area (TPSA) is 84.2 Å². The van der Waals surface area contributed by atoms with Gasteiger partial charge in [-0.1, -0.05) is 38.1 Å². The number of aliphatic carboxylic acids is 1. The van der Waals surface area contributed by atoms with Crippen LogP contribution in [0.2, 0.25) is 0 Å². The predicted molar refractivity (Wildman–Crippen MR) is 95.5 cm³/mol. The molecule has 0 aliphatic rings. The fraction of sp³-hybridized carbons (Fsp3) is 0.421. The standard InChI is InChI=1S/C19H25N3O3/c1-4-13(2)15-5-7-16(8-6-15)14(3)21-19(25)17-9-11-20-22(17)12-10-18(23)24/h5-9,11,13-14H,4,10,12H2,1-3H3,(H,21,25)(H,23,24). The number of carbonyl (C=O) groups is 2. The van der Waals surface area contributed by atoms with Gasteiger partial charge in [0.05, 0.1) is 19.0 Å². The molecule has 2 atom stereocenters. The molecule has 0 fully saturated rings. The van der Waals surface area contributed by atoms with E-state index in [1.54, 1.807) is 6.07 Å². The van der Waals surface area contributed by atoms with Crippen molar-refractivity contribution in [2.75, 3.05) is 0 Å². The molecule has 2 rings (SSSR count). The highest BCUT2D eigenvalue weighted by Gasteiger charge is 2.16. The Balaban J connectivity index is 2.03. The van der Waals surface area contributed by atoms with Crippen LogP contribution in [0.1, 0.15) is 67.2 Å². The molecule has 134 valence electrons. The van der Waals surface area contributed by atoms with Crippen LogP contribution in [0.15, 0.2) is 36.5 Å². The van der Waals surface area contributed by atoms with Crippen molar-refractivity contribution < 1.29 is 14.7 Å². The zero-order valence-corrected chi connectivity index (χ0v) is 14.9. The third-order valence-corrected chi connectivity index (χ3v) is 4.45. The fourth-order valence-corrected chi connectivity index (χ4v) is 2.61. The van der Waals surface area contributed by atoms with E-state index in [9.17, 15) is 9.59 Å². The van der Waals surface area contributed by atoms with Crippen molar-refractivity contribution in [2.45, 2.75) is 52.1 Å².